The van der Waals surface area contributed by atoms with Gasteiger partial charge in [0.1, 0.15) is 0 Å². The van der Waals surface area contributed by atoms with E-state index in [2.05, 4.69) is 4.99 Å². The van der Waals surface area contributed by atoms with Crippen molar-refractivity contribution in [3.8, 4) is 0 Å². The Kier molecular flexibility index (Phi) is 5.90. The monoisotopic (exact) mass is 189 g/mol. The third-order valence-electron chi connectivity index (χ3n) is 0.905. The van der Waals surface area contributed by atoms with Gasteiger partial charge in [0.2, 0.25) is 0 Å². The van der Waals surface area contributed by atoms with E-state index >= 15 is 0 Å². The third-order valence-corrected chi connectivity index (χ3v) is 0.905. The molecule has 1 aromatic rings. The summed E-state index contributed by atoms with van der Waals surface area (Å²) >= 11 is 0. The second kappa shape index (κ2) is 5.48. The number of rotatable bonds is 1. The molecule has 0 spiro atoms. The molecule has 9 heavy (non-hydrogen) atoms. The van der Waals surface area contributed by atoms with Gasteiger partial charge in [0.05, 0.1) is 0 Å². The number of nitrogens with zero attached hydrogens (tertiary/aromatic N) is 1. The molecule has 2 heteroatoms. The number of aliphatic imine (C=N–C) groups is 1. The fourth-order valence-corrected chi connectivity index (χ4v) is 0.514. The summed E-state index contributed by atoms with van der Waals surface area (Å²) in [7, 11) is 0. The standard InChI is InChI=1S/C7H6N.Rb/c1-8-7-5-3-2-4-6-7;/h1-6H;/q-1;+1. The first-order valence-corrected chi connectivity index (χ1v) is 2.39. The van der Waals surface area contributed by atoms with Crippen LogP contribution in [0.4, 0.5) is 5.69 Å². The molecule has 0 heterocycles. The van der Waals surface area contributed by atoms with Gasteiger partial charge in [0.15, 0.2) is 0 Å². The fraction of sp³-hybridized carbons (Fsp3) is 0. The van der Waals surface area contributed by atoms with E-state index < -0.39 is 0 Å². The molecule has 0 N–H and O–H groups in total. The summed E-state index contributed by atoms with van der Waals surface area (Å²) in [4.78, 5) is 3.47. The quantitative estimate of drug-likeness (QED) is 0.393. The van der Waals surface area contributed by atoms with Crippen LogP contribution in [-0.2, 0) is 0 Å². The molecule has 0 aliphatic rings. The van der Waals surface area contributed by atoms with Crippen molar-refractivity contribution in [3.05, 3.63) is 30.3 Å². The van der Waals surface area contributed by atoms with Crippen LogP contribution >= 0.6 is 0 Å². The molecular weight excluding hydrogens is 184 g/mol. The van der Waals surface area contributed by atoms with Gasteiger partial charge in [-0.15, -0.1) is 12.1 Å². The molecule has 0 saturated heterocycles. The van der Waals surface area contributed by atoms with E-state index in [1.807, 2.05) is 30.3 Å². The minimum Gasteiger partial charge on any atom is -0.460 e. The van der Waals surface area contributed by atoms with Crippen molar-refractivity contribution >= 4 is 12.4 Å². The molecule has 1 rings (SSSR count). The third kappa shape index (κ3) is 3.41. The molecule has 0 amide bonds. The molecule has 0 unspecified atom stereocenters. The molecule has 1 aromatic carbocycles. The van der Waals surface area contributed by atoms with E-state index in [9.17, 15) is 0 Å². The maximum Gasteiger partial charge on any atom is 1.00 e. The summed E-state index contributed by atoms with van der Waals surface area (Å²) in [6.07, 6.45) is 0. The van der Waals surface area contributed by atoms with Crippen molar-refractivity contribution < 1.29 is 58.2 Å². The number of hydrogen-bond donors (Lipinski definition) is 0. The van der Waals surface area contributed by atoms with Crippen LogP contribution in [0, 0.1) is 0 Å². The van der Waals surface area contributed by atoms with E-state index in [0.29, 0.717) is 0 Å². The molecular formula is C7H6NRb. The normalized spacial score (nSPS) is 7.56. The van der Waals surface area contributed by atoms with Gasteiger partial charge in [-0.3, -0.25) is 0 Å². The fourth-order valence-electron chi connectivity index (χ4n) is 0.514. The van der Waals surface area contributed by atoms with E-state index in [1.54, 1.807) is 0 Å². The second-order valence-corrected chi connectivity index (χ2v) is 1.46. The van der Waals surface area contributed by atoms with Gasteiger partial charge in [0.25, 0.3) is 0 Å². The summed E-state index contributed by atoms with van der Waals surface area (Å²) < 4.78 is 0. The van der Waals surface area contributed by atoms with Crippen molar-refractivity contribution in [1.29, 1.82) is 0 Å². The minimum atomic E-state index is 0. The van der Waals surface area contributed by atoms with Crippen molar-refractivity contribution in [1.82, 2.24) is 0 Å². The van der Waals surface area contributed by atoms with Crippen molar-refractivity contribution in [2.45, 2.75) is 0 Å². The average molecular weight is 190 g/mol. The maximum absolute atomic E-state index is 4.97. The van der Waals surface area contributed by atoms with E-state index in [4.69, 9.17) is 6.72 Å². The molecule has 1 nitrogen and oxygen atoms in total. The first-order chi connectivity index (χ1) is 3.93. The minimum absolute atomic E-state index is 0. The van der Waals surface area contributed by atoms with Crippen LogP contribution in [0.1, 0.15) is 0 Å². The number of para-hydroxylation sites is 1. The van der Waals surface area contributed by atoms with Gasteiger partial charge in [-0.1, -0.05) is 23.9 Å². The Balaban J connectivity index is 0.000000640. The SMILES string of the molecule is [CH-]=Nc1ccccc1.[Rb+]. The molecule has 0 aliphatic heterocycles. The molecule has 0 atom stereocenters. The molecule has 0 saturated carbocycles. The van der Waals surface area contributed by atoms with Gasteiger partial charge < -0.3 is 4.99 Å². The van der Waals surface area contributed by atoms with Gasteiger partial charge in [-0.25, -0.2) is 0 Å². The predicted octanol–water partition coefficient (Wildman–Crippen LogP) is -1.10. The van der Waals surface area contributed by atoms with E-state index in [1.165, 1.54) is 0 Å². The van der Waals surface area contributed by atoms with Gasteiger partial charge in [-0.2, -0.15) is 6.72 Å². The van der Waals surface area contributed by atoms with Gasteiger partial charge in [0, 0.05) is 0 Å². The molecule has 0 aromatic heterocycles. The zero-order valence-corrected chi connectivity index (χ0v) is 10.3. The van der Waals surface area contributed by atoms with Crippen LogP contribution in [0.2, 0.25) is 0 Å². The Bertz CT molecular complexity index is 172. The Hall–Kier alpha value is 0.695. The largest absolute Gasteiger partial charge is 1.00 e. The second-order valence-electron chi connectivity index (χ2n) is 1.46. The predicted molar refractivity (Wildman–Crippen MR) is 34.6 cm³/mol. The van der Waals surface area contributed by atoms with Crippen LogP contribution in [0.25, 0.3) is 0 Å². The molecule has 40 valence electrons. The summed E-state index contributed by atoms with van der Waals surface area (Å²) in [5, 5.41) is 0. The zero-order valence-electron chi connectivity index (χ0n) is 5.41. The van der Waals surface area contributed by atoms with E-state index in [0.717, 1.165) is 5.69 Å². The Morgan fingerprint density at radius 1 is 1.11 bits per heavy atom. The molecule has 0 radical (unpaired) electrons. The van der Waals surface area contributed by atoms with Crippen molar-refractivity contribution in [2.75, 3.05) is 0 Å². The summed E-state index contributed by atoms with van der Waals surface area (Å²) in [5.74, 6) is 0. The molecule has 0 bridgehead atoms. The van der Waals surface area contributed by atoms with Crippen molar-refractivity contribution in [3.63, 3.8) is 0 Å². The first kappa shape index (κ1) is 9.70. The van der Waals surface area contributed by atoms with Gasteiger partial charge in [-0.05, 0) is 0 Å². The van der Waals surface area contributed by atoms with Crippen LogP contribution in [0.3, 0.4) is 0 Å². The summed E-state index contributed by atoms with van der Waals surface area (Å²) in [5.41, 5.74) is 0.813. The number of hydrogen-bond acceptors (Lipinski definition) is 1. The van der Waals surface area contributed by atoms with Crippen molar-refractivity contribution in [2.24, 2.45) is 4.99 Å². The Morgan fingerprint density at radius 2 is 1.67 bits per heavy atom. The van der Waals surface area contributed by atoms with E-state index in [-0.39, 0.29) is 58.2 Å². The van der Waals surface area contributed by atoms with Crippen LogP contribution in [-0.4, -0.2) is 6.72 Å². The maximum atomic E-state index is 4.97. The first-order valence-electron chi connectivity index (χ1n) is 2.39. The number of benzene rings is 1. The summed E-state index contributed by atoms with van der Waals surface area (Å²) in [6.45, 7) is 4.97. The van der Waals surface area contributed by atoms with Gasteiger partial charge >= 0.3 is 58.2 Å². The van der Waals surface area contributed by atoms with Crippen LogP contribution in [0.15, 0.2) is 35.3 Å². The summed E-state index contributed by atoms with van der Waals surface area (Å²) in [6, 6.07) is 9.41. The molecule has 0 fully saturated rings. The van der Waals surface area contributed by atoms with Crippen LogP contribution in [0.5, 0.6) is 0 Å². The Labute approximate surface area is 104 Å². The average Bonchev–Trinajstić information content (AvgIpc) is 1.90. The Morgan fingerprint density at radius 3 is 2.00 bits per heavy atom. The topological polar surface area (TPSA) is 12.4 Å². The van der Waals surface area contributed by atoms with Crippen LogP contribution < -0.4 is 58.2 Å². The smallest absolute Gasteiger partial charge is 0.460 e. The zero-order chi connectivity index (χ0) is 5.82. The molecule has 0 aliphatic carbocycles.